The second-order valence-electron chi connectivity index (χ2n) is 6.82. The number of aldehydes is 1. The smallest absolute Gasteiger partial charge is 0.165 e. The molecule has 1 atom stereocenters. The first kappa shape index (κ1) is 15.5. The normalized spacial score (nSPS) is 22.8. The van der Waals surface area contributed by atoms with Crippen molar-refractivity contribution in [3.63, 3.8) is 0 Å². The largest absolute Gasteiger partial charge is 0.364 e. The van der Waals surface area contributed by atoms with Crippen molar-refractivity contribution in [1.29, 1.82) is 0 Å². The molecule has 7 heteroatoms. The van der Waals surface area contributed by atoms with Crippen LogP contribution in [0.4, 0.5) is 5.82 Å². The van der Waals surface area contributed by atoms with Gasteiger partial charge in [0.25, 0.3) is 0 Å². The Morgan fingerprint density at radius 3 is 2.88 bits per heavy atom. The summed E-state index contributed by atoms with van der Waals surface area (Å²) >= 11 is 0. The number of fused-ring (bicyclic) bond motifs is 1. The fraction of sp³-hybridized carbons (Fsp3) is 0.647. The first-order valence-electron chi connectivity index (χ1n) is 8.88. The lowest BCUT2D eigenvalue weighted by Crippen LogP contribution is -2.38. The van der Waals surface area contributed by atoms with E-state index in [4.69, 9.17) is 4.98 Å². The van der Waals surface area contributed by atoms with Gasteiger partial charge in [-0.1, -0.05) is 6.92 Å². The number of anilines is 1. The fourth-order valence-corrected chi connectivity index (χ4v) is 3.80. The van der Waals surface area contributed by atoms with Crippen LogP contribution in [0.3, 0.4) is 0 Å². The lowest BCUT2D eigenvalue weighted by molar-refractivity contribution is -0.113. The van der Waals surface area contributed by atoms with Gasteiger partial charge >= 0.3 is 0 Å². The van der Waals surface area contributed by atoms with E-state index in [1.54, 1.807) is 6.33 Å². The number of rotatable bonds is 6. The van der Waals surface area contributed by atoms with Gasteiger partial charge in [-0.05, 0) is 26.2 Å². The minimum atomic E-state index is -0.170. The number of hydrogen-bond acceptors (Lipinski definition) is 6. The van der Waals surface area contributed by atoms with Gasteiger partial charge < -0.3 is 14.7 Å². The number of likely N-dealkylation sites (tertiary alicyclic amines) is 1. The van der Waals surface area contributed by atoms with Crippen LogP contribution in [0.1, 0.15) is 38.9 Å². The highest BCUT2D eigenvalue weighted by Crippen LogP contribution is 2.41. The third-order valence-corrected chi connectivity index (χ3v) is 5.38. The van der Waals surface area contributed by atoms with E-state index in [1.807, 2.05) is 0 Å². The second-order valence-corrected chi connectivity index (χ2v) is 6.82. The Kier molecular flexibility index (Phi) is 3.75. The first-order chi connectivity index (χ1) is 11.7. The number of hydrogen-bond donors (Lipinski definition) is 1. The van der Waals surface area contributed by atoms with Gasteiger partial charge in [0.05, 0.1) is 5.54 Å². The highest BCUT2D eigenvalue weighted by Gasteiger charge is 2.50. The van der Waals surface area contributed by atoms with Crippen molar-refractivity contribution >= 4 is 23.3 Å². The summed E-state index contributed by atoms with van der Waals surface area (Å²) in [5, 5.41) is 3.54. The van der Waals surface area contributed by atoms with E-state index >= 15 is 0 Å². The maximum absolute atomic E-state index is 11.3. The molecule has 1 aliphatic carbocycles. The number of aryl methyl sites for hydroxylation is 2. The molecule has 1 N–H and O–H groups in total. The Morgan fingerprint density at radius 1 is 1.38 bits per heavy atom. The summed E-state index contributed by atoms with van der Waals surface area (Å²) in [6, 6.07) is 0.303. The molecule has 2 fully saturated rings. The van der Waals surface area contributed by atoms with Crippen molar-refractivity contribution < 1.29 is 4.79 Å². The second kappa shape index (κ2) is 5.81. The molecule has 1 saturated carbocycles. The Morgan fingerprint density at radius 2 is 2.21 bits per heavy atom. The van der Waals surface area contributed by atoms with Crippen molar-refractivity contribution in [2.45, 2.75) is 57.7 Å². The quantitative estimate of drug-likeness (QED) is 0.812. The van der Waals surface area contributed by atoms with Crippen molar-refractivity contribution in [3.8, 4) is 0 Å². The molecule has 0 bridgehead atoms. The van der Waals surface area contributed by atoms with Crippen molar-refractivity contribution in [1.82, 2.24) is 24.4 Å². The van der Waals surface area contributed by atoms with Crippen molar-refractivity contribution in [2.24, 2.45) is 0 Å². The molecule has 2 aliphatic rings. The average Bonchev–Trinajstić information content (AvgIpc) is 3.11. The molecule has 24 heavy (non-hydrogen) atoms. The topological polar surface area (TPSA) is 75.9 Å². The Balaban J connectivity index is 1.57. The number of nitrogens with zero attached hydrogens (tertiary/aromatic N) is 5. The van der Waals surface area contributed by atoms with Gasteiger partial charge in [-0.2, -0.15) is 0 Å². The maximum Gasteiger partial charge on any atom is 0.165 e. The Labute approximate surface area is 141 Å². The van der Waals surface area contributed by atoms with Crippen molar-refractivity contribution in [2.75, 3.05) is 18.4 Å². The lowest BCUT2D eigenvalue weighted by Gasteiger charge is -2.22. The molecule has 1 saturated heterocycles. The monoisotopic (exact) mass is 328 g/mol. The maximum atomic E-state index is 11.3. The van der Waals surface area contributed by atoms with Crippen LogP contribution in [0.15, 0.2) is 6.33 Å². The van der Waals surface area contributed by atoms with E-state index in [1.165, 1.54) is 0 Å². The number of aromatic nitrogens is 4. The molecular formula is C17H24N6O. The van der Waals surface area contributed by atoms with E-state index in [-0.39, 0.29) is 5.54 Å². The Hall–Kier alpha value is -2.02. The van der Waals surface area contributed by atoms with Gasteiger partial charge in [0, 0.05) is 32.1 Å². The third-order valence-electron chi connectivity index (χ3n) is 5.38. The van der Waals surface area contributed by atoms with Gasteiger partial charge in [-0.25, -0.2) is 15.0 Å². The molecule has 1 unspecified atom stereocenters. The number of imidazole rings is 1. The predicted molar refractivity (Wildman–Crippen MR) is 92.0 cm³/mol. The first-order valence-corrected chi connectivity index (χ1v) is 8.88. The summed E-state index contributed by atoms with van der Waals surface area (Å²) < 4.78 is 2.15. The average molecular weight is 328 g/mol. The lowest BCUT2D eigenvalue weighted by atomic mass is 10.2. The van der Waals surface area contributed by atoms with E-state index in [2.05, 4.69) is 38.6 Å². The third kappa shape index (κ3) is 2.38. The number of nitrogens with one attached hydrogen (secondary N) is 1. The summed E-state index contributed by atoms with van der Waals surface area (Å²) in [6.45, 7) is 6.93. The van der Waals surface area contributed by atoms with Crippen LogP contribution >= 0.6 is 0 Å². The van der Waals surface area contributed by atoms with E-state index in [9.17, 15) is 4.79 Å². The highest BCUT2D eigenvalue weighted by atomic mass is 16.1. The number of carbonyl (C=O) groups is 1. The zero-order chi connectivity index (χ0) is 16.7. The SMILES string of the molecule is CCc1nc2c(NC3CCN(C4(C=O)CC4)C3)ncnc2n1CC. The molecule has 3 heterocycles. The fourth-order valence-electron chi connectivity index (χ4n) is 3.80. The van der Waals surface area contributed by atoms with Crippen LogP contribution in [0.25, 0.3) is 11.2 Å². The molecule has 1 aliphatic heterocycles. The van der Waals surface area contributed by atoms with Gasteiger partial charge in [-0.15, -0.1) is 0 Å². The highest BCUT2D eigenvalue weighted by molar-refractivity contribution is 5.83. The molecule has 2 aromatic heterocycles. The van der Waals surface area contributed by atoms with E-state index in [0.29, 0.717) is 6.04 Å². The van der Waals surface area contributed by atoms with Gasteiger partial charge in [0.1, 0.15) is 18.4 Å². The Bertz CT molecular complexity index is 766. The van der Waals surface area contributed by atoms with Crippen molar-refractivity contribution in [3.05, 3.63) is 12.2 Å². The summed E-state index contributed by atoms with van der Waals surface area (Å²) in [6.07, 6.45) is 6.65. The summed E-state index contributed by atoms with van der Waals surface area (Å²) in [5.74, 6) is 1.85. The van der Waals surface area contributed by atoms with Crippen LogP contribution in [0.2, 0.25) is 0 Å². The molecule has 0 aromatic carbocycles. The molecular weight excluding hydrogens is 304 g/mol. The van der Waals surface area contributed by atoms with Gasteiger partial charge in [-0.3, -0.25) is 4.90 Å². The minimum absolute atomic E-state index is 0.170. The minimum Gasteiger partial charge on any atom is -0.364 e. The zero-order valence-corrected chi connectivity index (χ0v) is 14.3. The van der Waals surface area contributed by atoms with Crippen LogP contribution in [0.5, 0.6) is 0 Å². The molecule has 0 spiro atoms. The van der Waals surface area contributed by atoms with Crippen LogP contribution in [-0.2, 0) is 17.8 Å². The van der Waals surface area contributed by atoms with Crippen LogP contribution in [-0.4, -0.2) is 55.4 Å². The van der Waals surface area contributed by atoms with Gasteiger partial charge in [0.15, 0.2) is 17.0 Å². The molecule has 4 rings (SSSR count). The zero-order valence-electron chi connectivity index (χ0n) is 14.3. The predicted octanol–water partition coefficient (Wildman–Crippen LogP) is 1.63. The molecule has 0 amide bonds. The molecule has 7 nitrogen and oxygen atoms in total. The number of carbonyl (C=O) groups excluding carboxylic acids is 1. The van der Waals surface area contributed by atoms with Crippen LogP contribution < -0.4 is 5.32 Å². The molecule has 2 aromatic rings. The van der Waals surface area contributed by atoms with Crippen LogP contribution in [0, 0.1) is 0 Å². The summed E-state index contributed by atoms with van der Waals surface area (Å²) in [5.41, 5.74) is 1.58. The van der Waals surface area contributed by atoms with Gasteiger partial charge in [0.2, 0.25) is 0 Å². The standard InChI is InChI=1S/C17H24N6O/c1-3-13-21-14-15(18-11-19-16(14)23(13)4-2)20-12-5-8-22(9-12)17(10-24)6-7-17/h10-12H,3-9H2,1-2H3,(H,18,19,20). The van der Waals surface area contributed by atoms with E-state index < -0.39 is 0 Å². The molecule has 0 radical (unpaired) electrons. The van der Waals surface area contributed by atoms with E-state index in [0.717, 1.165) is 74.4 Å². The summed E-state index contributed by atoms with van der Waals surface area (Å²) in [7, 11) is 0. The molecule has 128 valence electrons. The summed E-state index contributed by atoms with van der Waals surface area (Å²) in [4.78, 5) is 27.2.